The van der Waals surface area contributed by atoms with Crippen molar-refractivity contribution in [3.8, 4) is 0 Å². The lowest BCUT2D eigenvalue weighted by molar-refractivity contribution is -0.138. The van der Waals surface area contributed by atoms with Crippen LogP contribution in [0.1, 0.15) is 35.1 Å². The van der Waals surface area contributed by atoms with Gasteiger partial charge in [0.15, 0.2) is 5.13 Å². The van der Waals surface area contributed by atoms with Gasteiger partial charge in [-0.2, -0.15) is 0 Å². The molecule has 9 heteroatoms. The van der Waals surface area contributed by atoms with E-state index in [-0.39, 0.29) is 24.6 Å². The van der Waals surface area contributed by atoms with E-state index in [9.17, 15) is 14.4 Å². The summed E-state index contributed by atoms with van der Waals surface area (Å²) in [6.45, 7) is 3.59. The van der Waals surface area contributed by atoms with Crippen molar-refractivity contribution in [1.82, 2.24) is 4.98 Å². The summed E-state index contributed by atoms with van der Waals surface area (Å²) in [5.41, 5.74) is 5.77. The molecule has 0 saturated heterocycles. The summed E-state index contributed by atoms with van der Waals surface area (Å²) in [6.07, 6.45) is -0.0168. The molecule has 0 aliphatic carbocycles. The van der Waals surface area contributed by atoms with Gasteiger partial charge in [-0.25, -0.2) is 9.78 Å². The quantitative estimate of drug-likeness (QED) is 0.633. The average Bonchev–Trinajstić information content (AvgIpc) is 2.76. The monoisotopic (exact) mass is 315 g/mol. The van der Waals surface area contributed by atoms with Gasteiger partial charge in [0, 0.05) is 6.42 Å². The number of ether oxygens (including phenoxy) is 1. The summed E-state index contributed by atoms with van der Waals surface area (Å²) in [6, 6.07) is -1.08. The van der Waals surface area contributed by atoms with Crippen LogP contribution in [0.3, 0.4) is 0 Å². The number of nitrogens with zero attached hydrogens (tertiary/aromatic N) is 1. The highest BCUT2D eigenvalue weighted by molar-refractivity contribution is 7.17. The molecular formula is C12H17N3O5S. The van der Waals surface area contributed by atoms with Crippen LogP contribution in [0.2, 0.25) is 0 Å². The van der Waals surface area contributed by atoms with Crippen molar-refractivity contribution in [3.05, 3.63) is 10.6 Å². The minimum absolute atomic E-state index is 0.0241. The Morgan fingerprint density at radius 3 is 2.71 bits per heavy atom. The fourth-order valence-corrected chi connectivity index (χ4v) is 2.30. The van der Waals surface area contributed by atoms with E-state index in [0.717, 1.165) is 11.3 Å². The van der Waals surface area contributed by atoms with Gasteiger partial charge in [-0.05, 0) is 20.3 Å². The van der Waals surface area contributed by atoms with Gasteiger partial charge < -0.3 is 20.9 Å². The maximum atomic E-state index is 11.6. The van der Waals surface area contributed by atoms with Crippen molar-refractivity contribution in [2.45, 2.75) is 32.7 Å². The first-order valence-electron chi connectivity index (χ1n) is 6.28. The molecule has 8 nitrogen and oxygen atoms in total. The highest BCUT2D eigenvalue weighted by Crippen LogP contribution is 2.23. The number of aryl methyl sites for hydroxylation is 1. The topological polar surface area (TPSA) is 132 Å². The highest BCUT2D eigenvalue weighted by atomic mass is 32.1. The van der Waals surface area contributed by atoms with Crippen LogP contribution in [0, 0.1) is 6.92 Å². The lowest BCUT2D eigenvalue weighted by atomic mass is 10.1. The number of anilines is 1. The van der Waals surface area contributed by atoms with Crippen molar-refractivity contribution >= 4 is 34.3 Å². The largest absolute Gasteiger partial charge is 0.480 e. The Labute approximate surface area is 125 Å². The molecule has 0 aliphatic heterocycles. The first kappa shape index (κ1) is 17.1. The van der Waals surface area contributed by atoms with E-state index in [0.29, 0.717) is 10.6 Å². The molecular weight excluding hydrogens is 298 g/mol. The van der Waals surface area contributed by atoms with Crippen molar-refractivity contribution in [2.75, 3.05) is 11.9 Å². The molecule has 0 aromatic carbocycles. The lowest BCUT2D eigenvalue weighted by Gasteiger charge is -2.05. The number of aliphatic carboxylic acids is 1. The van der Waals surface area contributed by atoms with E-state index in [1.165, 1.54) is 0 Å². The summed E-state index contributed by atoms with van der Waals surface area (Å²) >= 11 is 1.01. The van der Waals surface area contributed by atoms with Gasteiger partial charge in [0.05, 0.1) is 12.3 Å². The van der Waals surface area contributed by atoms with Gasteiger partial charge >= 0.3 is 11.9 Å². The second-order valence-electron chi connectivity index (χ2n) is 4.19. The smallest absolute Gasteiger partial charge is 0.350 e. The van der Waals surface area contributed by atoms with Gasteiger partial charge in [0.1, 0.15) is 10.9 Å². The SMILES string of the molecule is CCOC(=O)c1sc(NC(=O)CC[C@H](N)C(=O)O)nc1C. The Kier molecular flexibility index (Phi) is 6.25. The van der Waals surface area contributed by atoms with Gasteiger partial charge in [0.25, 0.3) is 0 Å². The third kappa shape index (κ3) is 5.12. The summed E-state index contributed by atoms with van der Waals surface area (Å²) in [7, 11) is 0. The van der Waals surface area contributed by atoms with Crippen LogP contribution in [0.25, 0.3) is 0 Å². The predicted octanol–water partition coefficient (Wildman–Crippen LogP) is 0.759. The first-order chi connectivity index (χ1) is 9.85. The Bertz CT molecular complexity index is 543. The van der Waals surface area contributed by atoms with E-state index in [1.54, 1.807) is 13.8 Å². The Morgan fingerprint density at radius 2 is 2.14 bits per heavy atom. The fraction of sp³-hybridized carbons (Fsp3) is 0.500. The number of carboxylic acids is 1. The zero-order valence-electron chi connectivity index (χ0n) is 11.7. The van der Waals surface area contributed by atoms with Crippen LogP contribution in [-0.2, 0) is 14.3 Å². The third-order valence-corrected chi connectivity index (χ3v) is 3.56. The minimum atomic E-state index is -1.16. The molecule has 0 saturated carbocycles. The highest BCUT2D eigenvalue weighted by Gasteiger charge is 2.18. The van der Waals surface area contributed by atoms with Crippen molar-refractivity contribution in [2.24, 2.45) is 5.73 Å². The molecule has 1 aromatic rings. The van der Waals surface area contributed by atoms with E-state index in [4.69, 9.17) is 15.6 Å². The zero-order chi connectivity index (χ0) is 16.0. The number of carbonyl (C=O) groups is 3. The Balaban J connectivity index is 2.59. The molecule has 0 unspecified atom stereocenters. The summed E-state index contributed by atoms with van der Waals surface area (Å²) in [5, 5.41) is 11.4. The number of esters is 1. The second-order valence-corrected chi connectivity index (χ2v) is 5.18. The molecule has 0 fully saturated rings. The normalized spacial score (nSPS) is 11.8. The molecule has 1 heterocycles. The van der Waals surface area contributed by atoms with Crippen LogP contribution in [-0.4, -0.2) is 40.6 Å². The summed E-state index contributed by atoms with van der Waals surface area (Å²) in [5.74, 6) is -2.05. The molecule has 1 amide bonds. The number of rotatable bonds is 7. The number of nitrogens with one attached hydrogen (secondary N) is 1. The molecule has 4 N–H and O–H groups in total. The molecule has 1 rings (SSSR count). The number of amides is 1. The Hall–Kier alpha value is -2.00. The Morgan fingerprint density at radius 1 is 1.48 bits per heavy atom. The molecule has 21 heavy (non-hydrogen) atoms. The second kappa shape index (κ2) is 7.70. The average molecular weight is 315 g/mol. The number of hydrogen-bond donors (Lipinski definition) is 3. The number of carboxylic acid groups (broad SMARTS) is 1. The van der Waals surface area contributed by atoms with Crippen molar-refractivity contribution < 1.29 is 24.2 Å². The van der Waals surface area contributed by atoms with Crippen LogP contribution in [0.15, 0.2) is 0 Å². The molecule has 116 valence electrons. The van der Waals surface area contributed by atoms with Crippen LogP contribution in [0.4, 0.5) is 5.13 Å². The molecule has 0 spiro atoms. The number of thiazole rings is 1. The maximum absolute atomic E-state index is 11.6. The van der Waals surface area contributed by atoms with Crippen LogP contribution in [0.5, 0.6) is 0 Å². The summed E-state index contributed by atoms with van der Waals surface area (Å²) in [4.78, 5) is 38.2. The van der Waals surface area contributed by atoms with Crippen LogP contribution >= 0.6 is 11.3 Å². The van der Waals surface area contributed by atoms with E-state index >= 15 is 0 Å². The van der Waals surface area contributed by atoms with Gasteiger partial charge in [0.2, 0.25) is 5.91 Å². The van der Waals surface area contributed by atoms with Crippen molar-refractivity contribution in [1.29, 1.82) is 0 Å². The minimum Gasteiger partial charge on any atom is -0.480 e. The number of carbonyl (C=O) groups excluding carboxylic acids is 2. The third-order valence-electron chi connectivity index (χ3n) is 2.50. The van der Waals surface area contributed by atoms with E-state index in [1.807, 2.05) is 0 Å². The first-order valence-corrected chi connectivity index (χ1v) is 7.09. The molecule has 1 aromatic heterocycles. The fourth-order valence-electron chi connectivity index (χ4n) is 1.43. The van der Waals surface area contributed by atoms with E-state index < -0.39 is 23.9 Å². The lowest BCUT2D eigenvalue weighted by Crippen LogP contribution is -2.31. The summed E-state index contributed by atoms with van der Waals surface area (Å²) < 4.78 is 4.87. The standard InChI is InChI=1S/C12H17N3O5S/c1-3-20-11(19)9-6(2)14-12(21-9)15-8(16)5-4-7(13)10(17)18/h7H,3-5,13H2,1-2H3,(H,17,18)(H,14,15,16)/t7-/m0/s1. The number of hydrogen-bond acceptors (Lipinski definition) is 7. The number of aromatic nitrogens is 1. The molecule has 0 aliphatic rings. The molecule has 0 bridgehead atoms. The predicted molar refractivity (Wildman–Crippen MR) is 76.3 cm³/mol. The van der Waals surface area contributed by atoms with Gasteiger partial charge in [-0.3, -0.25) is 9.59 Å². The zero-order valence-corrected chi connectivity index (χ0v) is 12.5. The molecule has 0 radical (unpaired) electrons. The van der Waals surface area contributed by atoms with Gasteiger partial charge in [-0.1, -0.05) is 11.3 Å². The van der Waals surface area contributed by atoms with Crippen LogP contribution < -0.4 is 11.1 Å². The number of nitrogens with two attached hydrogens (primary N) is 1. The van der Waals surface area contributed by atoms with Gasteiger partial charge in [-0.15, -0.1) is 0 Å². The van der Waals surface area contributed by atoms with E-state index in [2.05, 4.69) is 10.3 Å². The van der Waals surface area contributed by atoms with Crippen molar-refractivity contribution in [3.63, 3.8) is 0 Å². The maximum Gasteiger partial charge on any atom is 0.350 e. The molecule has 1 atom stereocenters.